The first-order chi connectivity index (χ1) is 12.6. The second-order valence-corrected chi connectivity index (χ2v) is 7.08. The Morgan fingerprint density at radius 3 is 2.69 bits per heavy atom. The van der Waals surface area contributed by atoms with Crippen LogP contribution in [-0.2, 0) is 0 Å². The van der Waals surface area contributed by atoms with Gasteiger partial charge in [0, 0.05) is 18.6 Å². The molecule has 0 saturated heterocycles. The van der Waals surface area contributed by atoms with Gasteiger partial charge in [-0.15, -0.1) is 0 Å². The van der Waals surface area contributed by atoms with Gasteiger partial charge in [0.1, 0.15) is 23.3 Å². The molecule has 26 heavy (non-hydrogen) atoms. The highest BCUT2D eigenvalue weighted by molar-refractivity contribution is 5.88. The standard InChI is InChI=1S/C19H23FN6.H2/c1-11-12(2)22-17(13-7-5-3-4-6-8-13)23-16(11)24-19-15-9-14(20)10-21-18(15)25-26-19;/h9-10,13H,3-8H2,1-2H3,(H2,21,22,23,24,25,26);1H. The second kappa shape index (κ2) is 6.97. The first-order valence-electron chi connectivity index (χ1n) is 9.23. The van der Waals surface area contributed by atoms with Crippen molar-refractivity contribution in [1.82, 2.24) is 25.1 Å². The number of aryl methyl sites for hydroxylation is 1. The maximum Gasteiger partial charge on any atom is 0.183 e. The highest BCUT2D eigenvalue weighted by atomic mass is 19.1. The number of aromatic nitrogens is 5. The third kappa shape index (κ3) is 3.25. The number of rotatable bonds is 3. The zero-order valence-electron chi connectivity index (χ0n) is 15.1. The van der Waals surface area contributed by atoms with Gasteiger partial charge in [0.2, 0.25) is 0 Å². The van der Waals surface area contributed by atoms with E-state index < -0.39 is 5.82 Å². The molecule has 0 atom stereocenters. The molecule has 4 rings (SSSR count). The van der Waals surface area contributed by atoms with Gasteiger partial charge < -0.3 is 5.32 Å². The molecule has 3 aromatic rings. The Bertz CT molecular complexity index is 933. The fourth-order valence-electron chi connectivity index (χ4n) is 3.58. The molecule has 6 nitrogen and oxygen atoms in total. The predicted molar refractivity (Wildman–Crippen MR) is 101 cm³/mol. The van der Waals surface area contributed by atoms with Crippen molar-refractivity contribution in [3.8, 4) is 0 Å². The summed E-state index contributed by atoms with van der Waals surface area (Å²) in [5.74, 6) is 2.27. The third-order valence-electron chi connectivity index (χ3n) is 5.25. The number of H-pyrrole nitrogens is 1. The maximum atomic E-state index is 13.6. The normalized spacial score (nSPS) is 16.0. The zero-order chi connectivity index (χ0) is 18.1. The Balaban J connectivity index is 0.00000210. The smallest absolute Gasteiger partial charge is 0.183 e. The van der Waals surface area contributed by atoms with E-state index in [1.54, 1.807) is 0 Å². The van der Waals surface area contributed by atoms with Crippen molar-refractivity contribution < 1.29 is 5.82 Å². The van der Waals surface area contributed by atoms with Gasteiger partial charge in [0.25, 0.3) is 0 Å². The zero-order valence-corrected chi connectivity index (χ0v) is 15.1. The number of pyridine rings is 1. The van der Waals surface area contributed by atoms with E-state index in [-0.39, 0.29) is 1.43 Å². The van der Waals surface area contributed by atoms with Crippen molar-refractivity contribution in [2.75, 3.05) is 5.32 Å². The lowest BCUT2D eigenvalue weighted by Crippen LogP contribution is -2.10. The fraction of sp³-hybridized carbons (Fsp3) is 0.474. The van der Waals surface area contributed by atoms with Gasteiger partial charge >= 0.3 is 0 Å². The van der Waals surface area contributed by atoms with E-state index in [0.717, 1.165) is 41.9 Å². The minimum absolute atomic E-state index is 0. The van der Waals surface area contributed by atoms with Crippen molar-refractivity contribution in [3.63, 3.8) is 0 Å². The van der Waals surface area contributed by atoms with E-state index in [9.17, 15) is 4.39 Å². The van der Waals surface area contributed by atoms with Crippen LogP contribution in [0, 0.1) is 19.7 Å². The Labute approximate surface area is 153 Å². The van der Waals surface area contributed by atoms with Gasteiger partial charge in [0.05, 0.1) is 11.6 Å². The summed E-state index contributed by atoms with van der Waals surface area (Å²) in [7, 11) is 0. The van der Waals surface area contributed by atoms with Crippen molar-refractivity contribution in [2.45, 2.75) is 58.3 Å². The molecule has 0 amide bonds. The molecule has 1 aliphatic carbocycles. The quantitative estimate of drug-likeness (QED) is 0.650. The molecule has 138 valence electrons. The summed E-state index contributed by atoms with van der Waals surface area (Å²) >= 11 is 0. The number of hydrogen-bond acceptors (Lipinski definition) is 5. The average molecular weight is 356 g/mol. The summed E-state index contributed by atoms with van der Waals surface area (Å²) < 4.78 is 13.6. The predicted octanol–water partition coefficient (Wildman–Crippen LogP) is 4.93. The Morgan fingerprint density at radius 2 is 1.92 bits per heavy atom. The SMILES string of the molecule is Cc1nc(C2CCCCCC2)nc(Nc2[nH]nc3ncc(F)cc23)c1C.[HH]. The molecule has 0 unspecified atom stereocenters. The van der Waals surface area contributed by atoms with Gasteiger partial charge in [-0.05, 0) is 32.8 Å². The van der Waals surface area contributed by atoms with E-state index in [0.29, 0.717) is 22.8 Å². The van der Waals surface area contributed by atoms with Gasteiger partial charge in [-0.3, -0.25) is 5.10 Å². The van der Waals surface area contributed by atoms with Crippen LogP contribution in [0.4, 0.5) is 16.0 Å². The van der Waals surface area contributed by atoms with Crippen LogP contribution in [0.15, 0.2) is 12.3 Å². The Morgan fingerprint density at radius 1 is 1.15 bits per heavy atom. The summed E-state index contributed by atoms with van der Waals surface area (Å²) in [6, 6.07) is 1.42. The van der Waals surface area contributed by atoms with Crippen LogP contribution in [0.1, 0.15) is 63.0 Å². The van der Waals surface area contributed by atoms with Crippen LogP contribution in [0.2, 0.25) is 0 Å². The lowest BCUT2D eigenvalue weighted by atomic mass is 9.99. The second-order valence-electron chi connectivity index (χ2n) is 7.08. The summed E-state index contributed by atoms with van der Waals surface area (Å²) in [4.78, 5) is 13.6. The third-order valence-corrected chi connectivity index (χ3v) is 5.25. The van der Waals surface area contributed by atoms with Crippen LogP contribution in [0.5, 0.6) is 0 Å². The van der Waals surface area contributed by atoms with Crippen molar-refractivity contribution >= 4 is 22.7 Å². The van der Waals surface area contributed by atoms with Gasteiger partial charge in [0.15, 0.2) is 5.65 Å². The minimum Gasteiger partial charge on any atom is -0.324 e. The molecule has 0 aromatic carbocycles. The molecular weight excluding hydrogens is 331 g/mol. The molecular formula is C19H25FN6. The van der Waals surface area contributed by atoms with E-state index >= 15 is 0 Å². The monoisotopic (exact) mass is 356 g/mol. The molecule has 0 radical (unpaired) electrons. The molecule has 1 aliphatic rings. The molecule has 3 aromatic heterocycles. The fourth-order valence-corrected chi connectivity index (χ4v) is 3.58. The first-order valence-corrected chi connectivity index (χ1v) is 9.23. The maximum absolute atomic E-state index is 13.6. The highest BCUT2D eigenvalue weighted by Gasteiger charge is 2.20. The number of aromatic amines is 1. The van der Waals surface area contributed by atoms with E-state index in [4.69, 9.17) is 9.97 Å². The molecule has 0 spiro atoms. The molecule has 1 saturated carbocycles. The summed E-state index contributed by atoms with van der Waals surface area (Å²) in [6.45, 7) is 4.00. The molecule has 2 N–H and O–H groups in total. The van der Waals surface area contributed by atoms with Crippen LogP contribution in [0.3, 0.4) is 0 Å². The summed E-state index contributed by atoms with van der Waals surface area (Å²) in [5.41, 5.74) is 2.42. The lowest BCUT2D eigenvalue weighted by Gasteiger charge is -2.17. The minimum atomic E-state index is -0.392. The molecule has 0 aliphatic heterocycles. The largest absolute Gasteiger partial charge is 0.324 e. The van der Waals surface area contributed by atoms with Gasteiger partial charge in [-0.2, -0.15) is 5.10 Å². The van der Waals surface area contributed by atoms with Crippen LogP contribution in [-0.4, -0.2) is 25.1 Å². The molecule has 7 heteroatoms. The van der Waals surface area contributed by atoms with Crippen LogP contribution >= 0.6 is 0 Å². The first kappa shape index (κ1) is 16.9. The molecule has 3 heterocycles. The number of nitrogens with zero attached hydrogens (tertiary/aromatic N) is 4. The van der Waals surface area contributed by atoms with Crippen LogP contribution < -0.4 is 5.32 Å². The Hall–Kier alpha value is -2.57. The van der Waals surface area contributed by atoms with Gasteiger partial charge in [-0.1, -0.05) is 25.7 Å². The Kier molecular flexibility index (Phi) is 4.53. The lowest BCUT2D eigenvalue weighted by molar-refractivity contribution is 0.559. The van der Waals surface area contributed by atoms with Crippen molar-refractivity contribution in [3.05, 3.63) is 35.2 Å². The summed E-state index contributed by atoms with van der Waals surface area (Å²) in [5, 5.41) is 10.9. The number of halogens is 1. The number of hydrogen-bond donors (Lipinski definition) is 2. The average Bonchev–Trinajstić information content (AvgIpc) is 2.84. The molecule has 0 bridgehead atoms. The van der Waals surface area contributed by atoms with E-state index in [2.05, 4.69) is 20.5 Å². The van der Waals surface area contributed by atoms with Crippen LogP contribution in [0.25, 0.3) is 11.0 Å². The highest BCUT2D eigenvalue weighted by Crippen LogP contribution is 2.32. The number of anilines is 2. The summed E-state index contributed by atoms with van der Waals surface area (Å²) in [6.07, 6.45) is 8.52. The van der Waals surface area contributed by atoms with Crippen molar-refractivity contribution in [2.24, 2.45) is 0 Å². The van der Waals surface area contributed by atoms with Crippen molar-refractivity contribution in [1.29, 1.82) is 0 Å². The van der Waals surface area contributed by atoms with E-state index in [1.807, 2.05) is 13.8 Å². The topological polar surface area (TPSA) is 79.4 Å². The van der Waals surface area contributed by atoms with Gasteiger partial charge in [-0.25, -0.2) is 19.3 Å². The number of nitrogens with one attached hydrogen (secondary N) is 2. The molecule has 1 fully saturated rings. The number of fused-ring (bicyclic) bond motifs is 1. The van der Waals surface area contributed by atoms with E-state index in [1.165, 1.54) is 31.7 Å².